The normalized spacial score (nSPS) is 10.1. The Morgan fingerprint density at radius 1 is 0.909 bits per heavy atom. The van der Waals surface area contributed by atoms with Crippen LogP contribution < -0.4 is 10.6 Å². The smallest absolute Gasteiger partial charge is 0.228 e. The summed E-state index contributed by atoms with van der Waals surface area (Å²) >= 11 is 0. The van der Waals surface area contributed by atoms with Gasteiger partial charge in [0, 0.05) is 12.7 Å². The van der Waals surface area contributed by atoms with Gasteiger partial charge in [-0.2, -0.15) is 0 Å². The van der Waals surface area contributed by atoms with E-state index < -0.39 is 0 Å². The third kappa shape index (κ3) is 4.74. The molecule has 0 aromatic heterocycles. The van der Waals surface area contributed by atoms with E-state index in [4.69, 9.17) is 0 Å². The highest BCUT2D eigenvalue weighted by Crippen LogP contribution is 2.11. The van der Waals surface area contributed by atoms with E-state index >= 15 is 0 Å². The number of carbonyl (C=O) groups is 2. The number of hydrogen-bond acceptors (Lipinski definition) is 2. The number of rotatable bonds is 5. The van der Waals surface area contributed by atoms with Crippen LogP contribution in [0.1, 0.15) is 16.7 Å². The van der Waals surface area contributed by atoms with E-state index in [2.05, 4.69) is 10.6 Å². The third-order valence-electron chi connectivity index (χ3n) is 3.33. The van der Waals surface area contributed by atoms with E-state index in [-0.39, 0.29) is 11.8 Å². The predicted molar refractivity (Wildman–Crippen MR) is 87.7 cm³/mol. The van der Waals surface area contributed by atoms with Crippen molar-refractivity contribution in [3.8, 4) is 0 Å². The van der Waals surface area contributed by atoms with Gasteiger partial charge in [-0.25, -0.2) is 0 Å². The van der Waals surface area contributed by atoms with Crippen molar-refractivity contribution in [2.75, 3.05) is 12.4 Å². The summed E-state index contributed by atoms with van der Waals surface area (Å²) in [7, 11) is 1.61. The van der Waals surface area contributed by atoms with Gasteiger partial charge in [0.15, 0.2) is 0 Å². The highest BCUT2D eigenvalue weighted by molar-refractivity contribution is 5.92. The van der Waals surface area contributed by atoms with Gasteiger partial charge in [-0.05, 0) is 30.2 Å². The molecule has 2 N–H and O–H groups in total. The quantitative estimate of drug-likeness (QED) is 0.890. The van der Waals surface area contributed by atoms with Crippen LogP contribution in [-0.4, -0.2) is 18.9 Å². The van der Waals surface area contributed by atoms with Crippen LogP contribution in [0.4, 0.5) is 5.69 Å². The number of benzene rings is 2. The molecule has 2 amide bonds. The van der Waals surface area contributed by atoms with Crippen molar-refractivity contribution >= 4 is 17.5 Å². The molecule has 0 heterocycles. The molecule has 0 unspecified atom stereocenters. The number of carbonyl (C=O) groups excluding carboxylic acids is 2. The molecule has 0 aliphatic rings. The lowest BCUT2D eigenvalue weighted by molar-refractivity contribution is -0.120. The van der Waals surface area contributed by atoms with Crippen LogP contribution in [0.3, 0.4) is 0 Å². The van der Waals surface area contributed by atoms with Gasteiger partial charge in [0.25, 0.3) is 0 Å². The predicted octanol–water partition coefficient (Wildman–Crippen LogP) is 2.46. The van der Waals surface area contributed by atoms with Crippen molar-refractivity contribution in [1.29, 1.82) is 0 Å². The summed E-state index contributed by atoms with van der Waals surface area (Å²) in [4.78, 5) is 23.3. The summed E-state index contributed by atoms with van der Waals surface area (Å²) in [6.07, 6.45) is 0.690. The van der Waals surface area contributed by atoms with Gasteiger partial charge in [-0.1, -0.05) is 42.0 Å². The number of hydrogen-bond donors (Lipinski definition) is 2. The maximum atomic E-state index is 12.0. The first kappa shape index (κ1) is 15.8. The summed E-state index contributed by atoms with van der Waals surface area (Å²) in [5.74, 6) is -0.0825. The molecule has 22 heavy (non-hydrogen) atoms. The zero-order valence-corrected chi connectivity index (χ0v) is 12.8. The number of aryl methyl sites for hydroxylation is 1. The molecule has 0 atom stereocenters. The van der Waals surface area contributed by atoms with Crippen LogP contribution >= 0.6 is 0 Å². The lowest BCUT2D eigenvalue weighted by Gasteiger charge is -2.07. The van der Waals surface area contributed by atoms with Gasteiger partial charge < -0.3 is 10.6 Å². The second-order valence-electron chi connectivity index (χ2n) is 5.26. The first-order valence-electron chi connectivity index (χ1n) is 7.22. The molecular formula is C18H20N2O2. The largest absolute Gasteiger partial charge is 0.359 e. The van der Waals surface area contributed by atoms with Crippen molar-refractivity contribution < 1.29 is 9.59 Å². The number of nitrogens with one attached hydrogen (secondary N) is 2. The van der Waals surface area contributed by atoms with Crippen molar-refractivity contribution in [2.24, 2.45) is 0 Å². The minimum atomic E-state index is -0.0512. The van der Waals surface area contributed by atoms with Crippen LogP contribution in [0.5, 0.6) is 0 Å². The fraction of sp³-hybridized carbons (Fsp3) is 0.222. The van der Waals surface area contributed by atoms with Gasteiger partial charge in [-0.3, -0.25) is 9.59 Å². The van der Waals surface area contributed by atoms with E-state index in [9.17, 15) is 9.59 Å². The Kier molecular flexibility index (Phi) is 5.31. The summed E-state index contributed by atoms with van der Waals surface area (Å²) in [6.45, 7) is 2.01. The topological polar surface area (TPSA) is 58.2 Å². The molecule has 2 rings (SSSR count). The average molecular weight is 296 g/mol. The molecule has 4 heteroatoms. The standard InChI is InChI=1S/C18H20N2O2/c1-13-4-3-5-15(10-13)12-18(22)20-16-8-6-14(7-9-16)11-17(21)19-2/h3-10H,11-12H2,1-2H3,(H,19,21)(H,20,22). The molecule has 0 saturated carbocycles. The van der Waals surface area contributed by atoms with E-state index in [1.807, 2.05) is 55.5 Å². The Bertz CT molecular complexity index is 663. The Hall–Kier alpha value is -2.62. The molecule has 0 saturated heterocycles. The maximum Gasteiger partial charge on any atom is 0.228 e. The Balaban J connectivity index is 1.93. The first-order valence-corrected chi connectivity index (χ1v) is 7.22. The highest BCUT2D eigenvalue weighted by atomic mass is 16.2. The maximum absolute atomic E-state index is 12.0. The molecule has 114 valence electrons. The van der Waals surface area contributed by atoms with Crippen molar-refractivity contribution in [3.63, 3.8) is 0 Å². The second kappa shape index (κ2) is 7.41. The van der Waals surface area contributed by atoms with Gasteiger partial charge in [0.2, 0.25) is 11.8 Å². The fourth-order valence-electron chi connectivity index (χ4n) is 2.19. The van der Waals surface area contributed by atoms with Crippen molar-refractivity contribution in [2.45, 2.75) is 19.8 Å². The van der Waals surface area contributed by atoms with Crippen LogP contribution in [-0.2, 0) is 22.4 Å². The highest BCUT2D eigenvalue weighted by Gasteiger charge is 2.05. The summed E-state index contributed by atoms with van der Waals surface area (Å²) in [5.41, 5.74) is 3.78. The van der Waals surface area contributed by atoms with Crippen molar-refractivity contribution in [1.82, 2.24) is 5.32 Å². The third-order valence-corrected chi connectivity index (χ3v) is 3.33. The molecule has 0 bridgehead atoms. The number of amides is 2. The Labute approximate surface area is 130 Å². The molecule has 2 aromatic carbocycles. The van der Waals surface area contributed by atoms with E-state index in [0.29, 0.717) is 12.8 Å². The molecule has 4 nitrogen and oxygen atoms in total. The number of anilines is 1. The Morgan fingerprint density at radius 2 is 1.59 bits per heavy atom. The van der Waals surface area contributed by atoms with Gasteiger partial charge in [0.05, 0.1) is 12.8 Å². The average Bonchev–Trinajstić information content (AvgIpc) is 2.49. The lowest BCUT2D eigenvalue weighted by atomic mass is 10.1. The van der Waals surface area contributed by atoms with E-state index in [1.165, 1.54) is 0 Å². The first-order chi connectivity index (χ1) is 10.6. The molecule has 2 aromatic rings. The van der Waals surface area contributed by atoms with Crippen LogP contribution in [0.15, 0.2) is 48.5 Å². The molecule has 0 radical (unpaired) electrons. The van der Waals surface area contributed by atoms with Gasteiger partial charge in [0.1, 0.15) is 0 Å². The van der Waals surface area contributed by atoms with Gasteiger partial charge >= 0.3 is 0 Å². The monoisotopic (exact) mass is 296 g/mol. The summed E-state index contributed by atoms with van der Waals surface area (Å²) < 4.78 is 0. The second-order valence-corrected chi connectivity index (χ2v) is 5.26. The molecule has 0 fully saturated rings. The van der Waals surface area contributed by atoms with Crippen molar-refractivity contribution in [3.05, 3.63) is 65.2 Å². The molecule has 0 spiro atoms. The minimum Gasteiger partial charge on any atom is -0.359 e. The lowest BCUT2D eigenvalue weighted by Crippen LogP contribution is -2.20. The van der Waals surface area contributed by atoms with E-state index in [1.54, 1.807) is 7.05 Å². The molecular weight excluding hydrogens is 276 g/mol. The van der Waals surface area contributed by atoms with Crippen LogP contribution in [0, 0.1) is 6.92 Å². The summed E-state index contributed by atoms with van der Waals surface area (Å²) in [5, 5.41) is 5.45. The zero-order valence-electron chi connectivity index (χ0n) is 12.8. The Morgan fingerprint density at radius 3 is 2.23 bits per heavy atom. The molecule has 0 aliphatic heterocycles. The number of likely N-dealkylation sites (N-methyl/N-ethyl adjacent to an activating group) is 1. The summed E-state index contributed by atoms with van der Waals surface area (Å²) in [6, 6.07) is 15.2. The van der Waals surface area contributed by atoms with E-state index in [0.717, 1.165) is 22.4 Å². The molecule has 0 aliphatic carbocycles. The fourth-order valence-corrected chi connectivity index (χ4v) is 2.19. The van der Waals surface area contributed by atoms with Crippen LogP contribution in [0.25, 0.3) is 0 Å². The minimum absolute atomic E-state index is 0.0313. The van der Waals surface area contributed by atoms with Crippen LogP contribution in [0.2, 0.25) is 0 Å². The van der Waals surface area contributed by atoms with Gasteiger partial charge in [-0.15, -0.1) is 0 Å². The SMILES string of the molecule is CNC(=O)Cc1ccc(NC(=O)Cc2cccc(C)c2)cc1. The zero-order chi connectivity index (χ0) is 15.9.